The molecule has 6 heteroatoms. The first-order valence-corrected chi connectivity index (χ1v) is 9.90. The van der Waals surface area contributed by atoms with E-state index in [-0.39, 0.29) is 0 Å². The number of hydrogen-bond acceptors (Lipinski definition) is 5. The summed E-state index contributed by atoms with van der Waals surface area (Å²) in [4.78, 5) is 7.04. The van der Waals surface area contributed by atoms with Gasteiger partial charge in [0, 0.05) is 49.5 Å². The maximum atomic E-state index is 13.2. The molecule has 5 nitrogen and oxygen atoms in total. The quantitative estimate of drug-likeness (QED) is 0.752. The molecule has 146 valence electrons. The lowest BCUT2D eigenvalue weighted by Gasteiger charge is -2.17. The second-order valence-electron chi connectivity index (χ2n) is 7.42. The Morgan fingerprint density at radius 3 is 2.93 bits per heavy atom. The molecule has 2 aromatic rings. The second kappa shape index (κ2) is 7.89. The van der Waals surface area contributed by atoms with Gasteiger partial charge in [0.05, 0.1) is 19.2 Å². The zero-order chi connectivity index (χ0) is 18.8. The number of fused-ring (bicyclic) bond motifs is 2. The van der Waals surface area contributed by atoms with Crippen molar-refractivity contribution in [2.24, 2.45) is 0 Å². The molecule has 0 amide bonds. The van der Waals surface area contributed by atoms with Crippen LogP contribution in [0.4, 0.5) is 10.1 Å². The van der Waals surface area contributed by atoms with Crippen LogP contribution in [0.15, 0.2) is 12.1 Å². The summed E-state index contributed by atoms with van der Waals surface area (Å²) in [6.45, 7) is 2.86. The van der Waals surface area contributed by atoms with Crippen molar-refractivity contribution in [2.75, 3.05) is 45.7 Å². The molecule has 1 atom stereocenters. The number of aryl methyl sites for hydroxylation is 1. The van der Waals surface area contributed by atoms with Crippen molar-refractivity contribution in [2.45, 2.75) is 38.3 Å². The molecule has 0 radical (unpaired) electrons. The van der Waals surface area contributed by atoms with E-state index in [1.165, 1.54) is 11.3 Å². The molecule has 0 saturated carbocycles. The summed E-state index contributed by atoms with van der Waals surface area (Å²) in [5.41, 5.74) is 4.62. The highest BCUT2D eigenvalue weighted by Crippen LogP contribution is 2.39. The number of rotatable bonds is 7. The van der Waals surface area contributed by atoms with E-state index in [1.807, 2.05) is 19.2 Å². The van der Waals surface area contributed by atoms with Crippen LogP contribution in [0.2, 0.25) is 0 Å². The van der Waals surface area contributed by atoms with E-state index >= 15 is 0 Å². The zero-order valence-electron chi connectivity index (χ0n) is 16.2. The molecule has 0 bridgehead atoms. The number of nitrogens with one attached hydrogen (secondary N) is 1. The van der Waals surface area contributed by atoms with Gasteiger partial charge in [0.2, 0.25) is 0 Å². The highest BCUT2D eigenvalue weighted by Gasteiger charge is 2.22. The summed E-state index contributed by atoms with van der Waals surface area (Å²) in [7, 11) is 3.63. The Labute approximate surface area is 159 Å². The normalized spacial score (nSPS) is 19.4. The second-order valence-corrected chi connectivity index (χ2v) is 7.42. The predicted octanol–water partition coefficient (Wildman–Crippen LogP) is 3.59. The maximum Gasteiger partial charge on any atom is 0.163 e. The van der Waals surface area contributed by atoms with E-state index in [0.717, 1.165) is 66.9 Å². The number of nitrogens with zero attached hydrogens (tertiary/aromatic N) is 2. The number of ether oxygens (including phenoxy) is 2. The Morgan fingerprint density at radius 1 is 1.30 bits per heavy atom. The van der Waals surface area contributed by atoms with Gasteiger partial charge in [0.15, 0.2) is 11.5 Å². The number of pyridine rings is 1. The van der Waals surface area contributed by atoms with E-state index in [4.69, 9.17) is 14.5 Å². The first kappa shape index (κ1) is 18.3. The summed E-state index contributed by atoms with van der Waals surface area (Å²) in [5, 5.41) is 4.43. The van der Waals surface area contributed by atoms with Gasteiger partial charge in [-0.2, -0.15) is 0 Å². The fourth-order valence-electron chi connectivity index (χ4n) is 4.29. The third-order valence-corrected chi connectivity index (χ3v) is 5.64. The fraction of sp³-hybridized carbons (Fsp3) is 0.571. The molecule has 1 N–H and O–H groups in total. The van der Waals surface area contributed by atoms with Crippen molar-refractivity contribution in [1.29, 1.82) is 0 Å². The van der Waals surface area contributed by atoms with Gasteiger partial charge in [-0.25, -0.2) is 4.39 Å². The largest absolute Gasteiger partial charge is 0.493 e. The van der Waals surface area contributed by atoms with E-state index in [9.17, 15) is 4.39 Å². The summed E-state index contributed by atoms with van der Waals surface area (Å²) < 4.78 is 24.8. The maximum absolute atomic E-state index is 13.2. The summed E-state index contributed by atoms with van der Waals surface area (Å²) in [5.74, 6) is 1.45. The number of likely N-dealkylation sites (tertiary alicyclic amines) is 1. The van der Waals surface area contributed by atoms with Gasteiger partial charge in [-0.1, -0.05) is 0 Å². The minimum atomic E-state index is -0.666. The predicted molar refractivity (Wildman–Crippen MR) is 106 cm³/mol. The van der Waals surface area contributed by atoms with Crippen LogP contribution in [0.3, 0.4) is 0 Å². The highest BCUT2D eigenvalue weighted by molar-refractivity contribution is 5.95. The standard InChI is InChI=1S/C21H28FN3O2/c1-23-21-15-5-3-6-17(15)24-18-12-20(19(26-2)11-16(18)21)27-10-4-8-25-9-7-14(22)13-25/h11-12,14H,3-10,13H2,1-2H3,(H,23,24). The summed E-state index contributed by atoms with van der Waals surface area (Å²) in [6, 6.07) is 4.01. The Kier molecular flexibility index (Phi) is 5.34. The van der Waals surface area contributed by atoms with Crippen molar-refractivity contribution in [3.8, 4) is 11.5 Å². The first-order valence-electron chi connectivity index (χ1n) is 9.90. The van der Waals surface area contributed by atoms with Crippen LogP contribution in [0.1, 0.15) is 30.5 Å². The number of halogens is 1. The van der Waals surface area contributed by atoms with Gasteiger partial charge in [0.1, 0.15) is 6.17 Å². The van der Waals surface area contributed by atoms with Crippen molar-refractivity contribution in [3.05, 3.63) is 23.4 Å². The van der Waals surface area contributed by atoms with E-state index in [1.54, 1.807) is 7.11 Å². The van der Waals surface area contributed by atoms with E-state index in [2.05, 4.69) is 10.2 Å². The average Bonchev–Trinajstić information content (AvgIpc) is 3.31. The molecule has 1 aliphatic heterocycles. The lowest BCUT2D eigenvalue weighted by molar-refractivity contribution is 0.243. The number of benzene rings is 1. The minimum Gasteiger partial charge on any atom is -0.493 e. The van der Waals surface area contributed by atoms with Gasteiger partial charge in [-0.15, -0.1) is 0 Å². The van der Waals surface area contributed by atoms with Crippen LogP contribution in [-0.2, 0) is 12.8 Å². The Hall–Kier alpha value is -2.08. The monoisotopic (exact) mass is 373 g/mol. The van der Waals surface area contributed by atoms with E-state index in [0.29, 0.717) is 19.6 Å². The van der Waals surface area contributed by atoms with Gasteiger partial charge in [0.25, 0.3) is 0 Å². The molecule has 27 heavy (non-hydrogen) atoms. The van der Waals surface area contributed by atoms with Crippen LogP contribution in [0.25, 0.3) is 10.9 Å². The number of alkyl halides is 1. The van der Waals surface area contributed by atoms with Gasteiger partial charge in [-0.05, 0) is 43.7 Å². The first-order chi connectivity index (χ1) is 13.2. The number of anilines is 1. The molecule has 1 unspecified atom stereocenters. The van der Waals surface area contributed by atoms with E-state index < -0.39 is 6.17 Å². The molecule has 2 heterocycles. The zero-order valence-corrected chi connectivity index (χ0v) is 16.2. The van der Waals surface area contributed by atoms with Crippen molar-refractivity contribution in [1.82, 2.24) is 9.88 Å². The molecular formula is C21H28FN3O2. The Balaban J connectivity index is 1.51. The number of aromatic nitrogens is 1. The van der Waals surface area contributed by atoms with Gasteiger partial charge in [-0.3, -0.25) is 4.98 Å². The topological polar surface area (TPSA) is 46.6 Å². The van der Waals surface area contributed by atoms with Crippen LogP contribution in [-0.4, -0.2) is 56.5 Å². The molecule has 4 rings (SSSR count). The van der Waals surface area contributed by atoms with Crippen molar-refractivity contribution < 1.29 is 13.9 Å². The summed E-state index contributed by atoms with van der Waals surface area (Å²) >= 11 is 0. The Morgan fingerprint density at radius 2 is 2.19 bits per heavy atom. The average molecular weight is 373 g/mol. The van der Waals surface area contributed by atoms with Crippen molar-refractivity contribution >= 4 is 16.6 Å². The highest BCUT2D eigenvalue weighted by atomic mass is 19.1. The smallest absolute Gasteiger partial charge is 0.163 e. The molecule has 1 aliphatic carbocycles. The SMILES string of the molecule is CNc1c2c(nc3cc(OCCCN4CCC(F)C4)c(OC)cc13)CCC2. The number of hydrogen-bond donors (Lipinski definition) is 1. The fourth-order valence-corrected chi connectivity index (χ4v) is 4.29. The lowest BCUT2D eigenvalue weighted by atomic mass is 10.1. The van der Waals surface area contributed by atoms with Gasteiger partial charge < -0.3 is 19.7 Å². The van der Waals surface area contributed by atoms with Crippen LogP contribution in [0, 0.1) is 0 Å². The molecule has 1 fully saturated rings. The minimum absolute atomic E-state index is 0.557. The van der Waals surface area contributed by atoms with Crippen LogP contribution >= 0.6 is 0 Å². The van der Waals surface area contributed by atoms with Gasteiger partial charge >= 0.3 is 0 Å². The lowest BCUT2D eigenvalue weighted by Crippen LogP contribution is -2.23. The molecule has 2 aliphatic rings. The molecule has 1 aromatic carbocycles. The molecular weight excluding hydrogens is 345 g/mol. The molecule has 1 saturated heterocycles. The van der Waals surface area contributed by atoms with Crippen LogP contribution < -0.4 is 14.8 Å². The molecule has 1 aromatic heterocycles. The summed E-state index contributed by atoms with van der Waals surface area (Å²) in [6.07, 6.45) is 4.12. The van der Waals surface area contributed by atoms with Crippen molar-refractivity contribution in [3.63, 3.8) is 0 Å². The number of methoxy groups -OCH3 is 1. The third-order valence-electron chi connectivity index (χ3n) is 5.64. The van der Waals surface area contributed by atoms with Crippen LogP contribution in [0.5, 0.6) is 11.5 Å². The molecule has 0 spiro atoms. The Bertz CT molecular complexity index is 827. The third kappa shape index (κ3) is 3.68.